The molecule has 85 heavy (non-hydrogen) atoms. The number of nitrogens with zero attached hydrogens (tertiary/aromatic N) is 1. The maximum absolute atomic E-state index is 13.9. The summed E-state index contributed by atoms with van der Waals surface area (Å²) in [5.74, 6) is -5.44. The minimum absolute atomic E-state index is 0.0655. The number of methoxy groups -OCH3 is 1. The van der Waals surface area contributed by atoms with E-state index in [-0.39, 0.29) is 87.5 Å². The minimum atomic E-state index is -1.82. The highest BCUT2D eigenvalue weighted by atomic mass is 16.7. The monoisotopic (exact) mass is 1180 g/mol. The second-order valence-electron chi connectivity index (χ2n) is 20.6. The number of benzene rings is 4. The fourth-order valence-electron chi connectivity index (χ4n) is 9.02. The number of amides is 8. The first-order valence-electron chi connectivity index (χ1n) is 26.8. The van der Waals surface area contributed by atoms with Crippen LogP contribution in [0.15, 0.2) is 84.9 Å². The molecule has 3 heterocycles. The summed E-state index contributed by atoms with van der Waals surface area (Å²) >= 11 is 0. The number of urea groups is 1. The molecule has 0 spiro atoms. The van der Waals surface area contributed by atoms with Crippen LogP contribution in [-0.4, -0.2) is 133 Å². The van der Waals surface area contributed by atoms with Crippen molar-refractivity contribution in [2.24, 2.45) is 0 Å². The summed E-state index contributed by atoms with van der Waals surface area (Å²) in [6, 6.07) is 22.1. The topological polar surface area (TPSA) is 346 Å². The lowest BCUT2D eigenvalue weighted by Crippen LogP contribution is -2.64. The summed E-state index contributed by atoms with van der Waals surface area (Å²) in [7, 11) is 1.02. The highest BCUT2D eigenvalue weighted by molar-refractivity contribution is 6.05. The van der Waals surface area contributed by atoms with Crippen LogP contribution in [0.3, 0.4) is 0 Å². The van der Waals surface area contributed by atoms with E-state index in [1.54, 1.807) is 69.3 Å². The van der Waals surface area contributed by atoms with Crippen molar-refractivity contribution in [2.45, 2.75) is 130 Å². The summed E-state index contributed by atoms with van der Waals surface area (Å²) < 4.78 is 49.8. The molecule has 0 bridgehead atoms. The normalized spacial score (nSPS) is 18.9. The Kier molecular flexibility index (Phi) is 21.0. The molecule has 7 rings (SSSR count). The number of hydrogen-bond donors (Lipinski definition) is 6. The van der Waals surface area contributed by atoms with Crippen molar-refractivity contribution in [1.82, 2.24) is 31.5 Å². The van der Waals surface area contributed by atoms with Gasteiger partial charge in [-0.05, 0) is 97.5 Å². The third-order valence-electron chi connectivity index (χ3n) is 12.8. The predicted octanol–water partition coefficient (Wildman–Crippen LogP) is 4.10. The average Bonchev–Trinajstić information content (AvgIpc) is 3.04. The molecular formula is C58H65N7O20. The van der Waals surface area contributed by atoms with E-state index in [1.165, 1.54) is 23.1 Å². The van der Waals surface area contributed by atoms with Crippen LogP contribution in [-0.2, 0) is 94.8 Å². The second kappa shape index (κ2) is 28.5. The molecule has 1 unspecified atom stereocenters. The first-order valence-corrected chi connectivity index (χ1v) is 26.8. The van der Waals surface area contributed by atoms with E-state index in [2.05, 4.69) is 31.9 Å². The highest BCUT2D eigenvalue weighted by Crippen LogP contribution is 2.34. The van der Waals surface area contributed by atoms with E-state index < -0.39 is 96.3 Å². The fraction of sp³-hybridized carbons (Fsp3) is 0.397. The third-order valence-corrected chi connectivity index (χ3v) is 12.8. The summed E-state index contributed by atoms with van der Waals surface area (Å²) in [5, 5.41) is 15.7. The van der Waals surface area contributed by atoms with Crippen molar-refractivity contribution >= 4 is 71.4 Å². The molecule has 27 nitrogen and oxygen atoms in total. The van der Waals surface area contributed by atoms with Gasteiger partial charge in [0.2, 0.25) is 24.2 Å². The Bertz CT molecular complexity index is 3180. The Labute approximate surface area is 487 Å². The predicted molar refractivity (Wildman–Crippen MR) is 294 cm³/mol. The molecule has 8 amide bonds. The van der Waals surface area contributed by atoms with Crippen LogP contribution < -0.4 is 41.4 Å². The van der Waals surface area contributed by atoms with Crippen LogP contribution in [0.25, 0.3) is 0 Å². The molecule has 6 N–H and O–H groups in total. The van der Waals surface area contributed by atoms with Crippen LogP contribution in [0.1, 0.15) is 103 Å². The van der Waals surface area contributed by atoms with Gasteiger partial charge >= 0.3 is 42.1 Å². The summed E-state index contributed by atoms with van der Waals surface area (Å²) in [4.78, 5) is 140. The number of nitrogens with one attached hydrogen (secondary N) is 6. The number of hydrogen-bond acceptors (Lipinski definition) is 20. The Hall–Kier alpha value is -9.79. The molecule has 3 aliphatic rings. The standard InChI is InChI=1S/C58H65N7O20/c1-31(66)80-46-47(81-32(2)67)49(82-33(3)68)54(84-48(46)53(73)77-7)83-44-20-13-37(25-42(44)50(70)59-22-23-60-57(76)85-58(4,5)6)30-79-56(75)62-26-34-8-10-35(11-9-34)29-78-40-16-14-39(15-17-40)63-55(74)61-27-36-12-18-41-38(24-36)28-65(52(41)72)43-19-21-45(69)64-51(43)71/h8-18,20,24-25,43,46-49,54H,19,21-23,26-30H2,1-7H3,(H,59,70)(H,60,76)(H,62,75)(H2,61,63,74)(H,64,69,71)/t43?,46-,47-,48-,49+,54+/m0/s1. The zero-order valence-electron chi connectivity index (χ0n) is 47.5. The van der Waals surface area contributed by atoms with E-state index >= 15 is 0 Å². The van der Waals surface area contributed by atoms with Gasteiger partial charge in [0.25, 0.3) is 11.8 Å². The third kappa shape index (κ3) is 17.9. The smallest absolute Gasteiger partial charge is 0.407 e. The Morgan fingerprint density at radius 3 is 1.99 bits per heavy atom. The SMILES string of the molecule is COC(=O)[C@H]1O[C@@H](Oc2ccc(COC(=O)NCc3ccc(COc4ccc(NC(=O)NCc5ccc6c(c5)CN(C5CCC(=O)NC5=O)C6=O)cc4)cc3)cc2C(=O)NCCNC(=O)OC(C)(C)C)[C@H](OC(C)=O)[C@@H](OC(C)=O)[C@@H]1OC(C)=O. The minimum Gasteiger partial charge on any atom is -0.489 e. The van der Waals surface area contributed by atoms with E-state index in [0.29, 0.717) is 17.0 Å². The number of carbonyl (C=O) groups excluding carboxylic acids is 11. The van der Waals surface area contributed by atoms with Crippen LogP contribution in [0.2, 0.25) is 0 Å². The van der Waals surface area contributed by atoms with Crippen LogP contribution >= 0.6 is 0 Å². The van der Waals surface area contributed by atoms with Gasteiger partial charge in [0.15, 0.2) is 18.3 Å². The molecule has 0 saturated carbocycles. The molecule has 2 saturated heterocycles. The molecular weight excluding hydrogens is 1110 g/mol. The first-order chi connectivity index (χ1) is 40.4. The number of alkyl carbamates (subject to hydrolysis) is 2. The molecule has 0 aliphatic carbocycles. The van der Waals surface area contributed by atoms with Crippen LogP contribution in [0, 0.1) is 0 Å². The van der Waals surface area contributed by atoms with Gasteiger partial charge < -0.3 is 74.1 Å². The summed E-state index contributed by atoms with van der Waals surface area (Å²) in [5.41, 5.74) is 3.30. The van der Waals surface area contributed by atoms with Crippen LogP contribution in [0.5, 0.6) is 11.5 Å². The van der Waals surface area contributed by atoms with E-state index in [1.807, 2.05) is 18.2 Å². The van der Waals surface area contributed by atoms with E-state index in [0.717, 1.165) is 50.1 Å². The lowest BCUT2D eigenvalue weighted by atomic mass is 9.97. The molecule has 4 aromatic carbocycles. The van der Waals surface area contributed by atoms with Crippen molar-refractivity contribution in [2.75, 3.05) is 25.5 Å². The zero-order chi connectivity index (χ0) is 61.5. The lowest BCUT2D eigenvalue weighted by molar-refractivity contribution is -0.282. The summed E-state index contributed by atoms with van der Waals surface area (Å²) in [6.45, 7) is 8.25. The zero-order valence-corrected chi connectivity index (χ0v) is 47.5. The van der Waals surface area contributed by atoms with Gasteiger partial charge in [0.1, 0.15) is 36.4 Å². The average molecular weight is 1180 g/mol. The Morgan fingerprint density at radius 1 is 0.682 bits per heavy atom. The molecule has 4 aromatic rings. The molecule has 452 valence electrons. The van der Waals surface area contributed by atoms with Crippen LogP contribution in [0.4, 0.5) is 20.1 Å². The van der Waals surface area contributed by atoms with Gasteiger partial charge in [-0.15, -0.1) is 0 Å². The molecule has 6 atom stereocenters. The largest absolute Gasteiger partial charge is 0.489 e. The second-order valence-corrected chi connectivity index (χ2v) is 20.6. The quantitative estimate of drug-likeness (QED) is 0.0296. The van der Waals surface area contributed by atoms with E-state index in [4.69, 9.17) is 42.6 Å². The number of piperidine rings is 1. The maximum atomic E-state index is 13.9. The van der Waals surface area contributed by atoms with Crippen molar-refractivity contribution in [1.29, 1.82) is 0 Å². The van der Waals surface area contributed by atoms with Crippen molar-refractivity contribution in [3.63, 3.8) is 0 Å². The van der Waals surface area contributed by atoms with Gasteiger partial charge in [-0.25, -0.2) is 19.2 Å². The lowest BCUT2D eigenvalue weighted by Gasteiger charge is -2.43. The Balaban J connectivity index is 0.907. The summed E-state index contributed by atoms with van der Waals surface area (Å²) in [6.07, 6.45) is -9.81. The molecule has 2 fully saturated rings. The number of carbonyl (C=O) groups is 11. The maximum Gasteiger partial charge on any atom is 0.407 e. The van der Waals surface area contributed by atoms with Gasteiger partial charge in [-0.3, -0.25) is 38.9 Å². The van der Waals surface area contributed by atoms with Gasteiger partial charge in [-0.2, -0.15) is 0 Å². The Morgan fingerprint density at radius 2 is 1.32 bits per heavy atom. The van der Waals surface area contributed by atoms with Gasteiger partial charge in [0.05, 0.1) is 12.7 Å². The van der Waals surface area contributed by atoms with Gasteiger partial charge in [0, 0.05) is 71.2 Å². The number of anilines is 1. The fourth-order valence-corrected chi connectivity index (χ4v) is 9.02. The highest BCUT2D eigenvalue weighted by Gasteiger charge is 2.56. The molecule has 3 aliphatic heterocycles. The number of esters is 4. The number of imide groups is 1. The van der Waals surface area contributed by atoms with Gasteiger partial charge in [-0.1, -0.05) is 42.5 Å². The number of fused-ring (bicyclic) bond motifs is 1. The van der Waals surface area contributed by atoms with Crippen molar-refractivity contribution in [3.8, 4) is 11.5 Å². The molecule has 27 heteroatoms. The van der Waals surface area contributed by atoms with Crippen molar-refractivity contribution < 1.29 is 95.4 Å². The molecule has 0 aromatic heterocycles. The number of ether oxygens (including phenoxy) is 9. The first kappa shape index (κ1) is 62.8. The number of rotatable bonds is 21. The van der Waals surface area contributed by atoms with Crippen molar-refractivity contribution in [3.05, 3.63) is 124 Å². The van der Waals surface area contributed by atoms with E-state index in [9.17, 15) is 52.7 Å². The molecule has 0 radical (unpaired) electrons.